The number of thiazole rings is 1. The predicted octanol–water partition coefficient (Wildman–Crippen LogP) is 6.98. The molecule has 6 rings (SSSR count). The van der Waals surface area contributed by atoms with Crippen LogP contribution in [0.3, 0.4) is 0 Å². The molecule has 2 aliphatic rings. The molecule has 1 N–H and O–H groups in total. The summed E-state index contributed by atoms with van der Waals surface area (Å²) in [5.41, 5.74) is 0.599. The lowest BCUT2D eigenvalue weighted by Gasteiger charge is -2.31. The third kappa shape index (κ3) is 5.33. The summed E-state index contributed by atoms with van der Waals surface area (Å²) in [7, 11) is 0. The minimum Gasteiger partial charge on any atom is -0.325 e. The van der Waals surface area contributed by atoms with Crippen LogP contribution in [0.4, 0.5) is 24.5 Å². The molecule has 2 unspecified atom stereocenters. The summed E-state index contributed by atoms with van der Waals surface area (Å²) < 4.78 is 41.8. The Morgan fingerprint density at radius 1 is 0.977 bits per heavy atom. The second-order valence-corrected chi connectivity index (χ2v) is 13.2. The summed E-state index contributed by atoms with van der Waals surface area (Å²) >= 11 is 14.7. The molecule has 226 valence electrons. The maximum absolute atomic E-state index is 14.0. The van der Waals surface area contributed by atoms with E-state index in [1.807, 2.05) is 13.0 Å². The third-order valence-corrected chi connectivity index (χ3v) is 10.8. The Morgan fingerprint density at radius 3 is 2.43 bits per heavy atom. The van der Waals surface area contributed by atoms with Crippen LogP contribution in [-0.2, 0) is 27.1 Å². The van der Waals surface area contributed by atoms with Gasteiger partial charge >= 0.3 is 11.0 Å². The molecule has 0 saturated carbocycles. The largest absolute Gasteiger partial charge is 0.416 e. The highest BCUT2D eigenvalue weighted by molar-refractivity contribution is 8.00. The van der Waals surface area contributed by atoms with Crippen LogP contribution in [0.15, 0.2) is 76.6 Å². The predicted molar refractivity (Wildman–Crippen MR) is 164 cm³/mol. The molecule has 1 fully saturated rings. The maximum Gasteiger partial charge on any atom is 0.416 e. The molecule has 7 nitrogen and oxygen atoms in total. The number of hydrogen-bond acceptors (Lipinski definition) is 6. The molecule has 0 radical (unpaired) electrons. The zero-order chi connectivity index (χ0) is 31.5. The van der Waals surface area contributed by atoms with Crippen molar-refractivity contribution in [3.8, 4) is 0 Å². The van der Waals surface area contributed by atoms with Gasteiger partial charge in [-0.2, -0.15) is 13.2 Å². The number of nitrogens with zero attached hydrogens (tertiary/aromatic N) is 2. The van der Waals surface area contributed by atoms with Crippen LogP contribution in [-0.4, -0.2) is 27.5 Å². The SMILES string of the molecule is Cc1cccc(NC(=O)Cn2c3c(sc2=O)[C@H](c2cccc(Cl)c2Cl)C2C(=O)N(c4cccc(C(F)(F)F)c4)C(=O)C2S3)c1. The van der Waals surface area contributed by atoms with Crippen molar-refractivity contribution in [3.05, 3.63) is 108 Å². The summed E-state index contributed by atoms with van der Waals surface area (Å²) in [4.78, 5) is 54.9. The number of imide groups is 1. The summed E-state index contributed by atoms with van der Waals surface area (Å²) in [5, 5.41) is 2.23. The van der Waals surface area contributed by atoms with Gasteiger partial charge in [0.05, 0.1) is 32.2 Å². The number of fused-ring (bicyclic) bond motifs is 2. The van der Waals surface area contributed by atoms with E-state index in [0.717, 1.165) is 51.8 Å². The average Bonchev–Trinajstić information content (AvgIpc) is 3.40. The number of aromatic nitrogens is 1. The Bertz CT molecular complexity index is 1910. The second-order valence-electron chi connectivity index (χ2n) is 10.3. The van der Waals surface area contributed by atoms with Crippen molar-refractivity contribution in [2.24, 2.45) is 5.92 Å². The molecule has 2 aliphatic heterocycles. The second kappa shape index (κ2) is 11.4. The van der Waals surface area contributed by atoms with Gasteiger partial charge in [-0.05, 0) is 54.4 Å². The number of rotatable bonds is 5. The monoisotopic (exact) mass is 677 g/mol. The molecule has 1 saturated heterocycles. The van der Waals surface area contributed by atoms with E-state index in [0.29, 0.717) is 21.2 Å². The van der Waals surface area contributed by atoms with Gasteiger partial charge in [-0.3, -0.25) is 23.7 Å². The highest BCUT2D eigenvalue weighted by Crippen LogP contribution is 2.55. The number of amides is 3. The highest BCUT2D eigenvalue weighted by Gasteiger charge is 2.57. The van der Waals surface area contributed by atoms with Gasteiger partial charge in [0.15, 0.2) is 0 Å². The van der Waals surface area contributed by atoms with Crippen LogP contribution in [0.25, 0.3) is 0 Å². The average molecular weight is 679 g/mol. The molecule has 0 aliphatic carbocycles. The van der Waals surface area contributed by atoms with Crippen molar-refractivity contribution in [3.63, 3.8) is 0 Å². The number of benzene rings is 3. The topological polar surface area (TPSA) is 88.5 Å². The Morgan fingerprint density at radius 2 is 1.70 bits per heavy atom. The fourth-order valence-corrected chi connectivity index (χ4v) is 8.68. The summed E-state index contributed by atoms with van der Waals surface area (Å²) in [6.45, 7) is 1.49. The first kappa shape index (κ1) is 30.4. The Balaban J connectivity index is 1.44. The van der Waals surface area contributed by atoms with Gasteiger partial charge in [0, 0.05) is 16.5 Å². The van der Waals surface area contributed by atoms with Gasteiger partial charge in [0.2, 0.25) is 17.7 Å². The van der Waals surface area contributed by atoms with Gasteiger partial charge in [0.25, 0.3) is 0 Å². The first-order valence-corrected chi connectivity index (χ1v) is 15.6. The molecular formula is C30H20Cl2F3N3O4S2. The van der Waals surface area contributed by atoms with Crippen LogP contribution in [0.5, 0.6) is 0 Å². The van der Waals surface area contributed by atoms with Crippen molar-refractivity contribution >= 4 is 75.4 Å². The number of hydrogen-bond donors (Lipinski definition) is 1. The standard InChI is InChI=1S/C30H20Cl2F3N3O4S2/c1-14-5-2-7-16(11-14)36-20(39)13-37-28-25(44-29(37)42)21(18-9-4-10-19(31)23(18)32)22-24(43-28)27(41)38(26(22)40)17-8-3-6-15(12-17)30(33,34)35/h2-12,21-22,24H,13H2,1H3,(H,36,39)/t21-,22?,24?/m1/s1. The molecular weight excluding hydrogens is 658 g/mol. The van der Waals surface area contributed by atoms with E-state index >= 15 is 0 Å². The first-order chi connectivity index (χ1) is 20.8. The first-order valence-electron chi connectivity index (χ1n) is 13.1. The van der Waals surface area contributed by atoms with Crippen molar-refractivity contribution in [1.29, 1.82) is 0 Å². The van der Waals surface area contributed by atoms with E-state index in [1.54, 1.807) is 36.4 Å². The number of halogens is 5. The maximum atomic E-state index is 14.0. The van der Waals surface area contributed by atoms with Gasteiger partial charge in [0.1, 0.15) is 11.8 Å². The van der Waals surface area contributed by atoms with E-state index in [-0.39, 0.29) is 22.3 Å². The summed E-state index contributed by atoms with van der Waals surface area (Å²) in [6, 6.07) is 15.9. The number of carbonyl (C=O) groups is 3. The molecule has 1 aromatic heterocycles. The fourth-order valence-electron chi connectivity index (χ4n) is 5.49. The lowest BCUT2D eigenvalue weighted by atomic mass is 9.83. The molecule has 44 heavy (non-hydrogen) atoms. The fraction of sp³-hybridized carbons (Fsp3) is 0.200. The number of anilines is 2. The van der Waals surface area contributed by atoms with E-state index in [2.05, 4.69) is 5.32 Å². The van der Waals surface area contributed by atoms with Gasteiger partial charge in [-0.25, -0.2) is 4.90 Å². The quantitative estimate of drug-likeness (QED) is 0.230. The molecule has 3 aromatic carbocycles. The smallest absolute Gasteiger partial charge is 0.325 e. The molecule has 3 atom stereocenters. The molecule has 3 amide bonds. The van der Waals surface area contributed by atoms with Gasteiger partial charge < -0.3 is 5.32 Å². The molecule has 3 heterocycles. The van der Waals surface area contributed by atoms with Crippen molar-refractivity contribution < 1.29 is 27.6 Å². The lowest BCUT2D eigenvalue weighted by Crippen LogP contribution is -2.33. The number of nitrogens with one attached hydrogen (secondary N) is 1. The Hall–Kier alpha value is -3.58. The van der Waals surface area contributed by atoms with Gasteiger partial charge in [-0.15, -0.1) is 0 Å². The number of thioether (sulfide) groups is 1. The zero-order valence-electron chi connectivity index (χ0n) is 22.5. The van der Waals surface area contributed by atoms with E-state index < -0.39 is 51.4 Å². The summed E-state index contributed by atoms with van der Waals surface area (Å²) in [6.07, 6.45) is -4.70. The van der Waals surface area contributed by atoms with Gasteiger partial charge in [-0.1, -0.05) is 76.6 Å². The Labute approximate surface area is 266 Å². The van der Waals surface area contributed by atoms with Crippen molar-refractivity contribution in [1.82, 2.24) is 4.57 Å². The third-order valence-electron chi connectivity index (χ3n) is 7.40. The minimum absolute atomic E-state index is 0.109. The van der Waals surface area contributed by atoms with E-state index in [4.69, 9.17) is 23.2 Å². The highest BCUT2D eigenvalue weighted by atomic mass is 35.5. The summed E-state index contributed by atoms with van der Waals surface area (Å²) in [5.74, 6) is -4.01. The Kier molecular flexibility index (Phi) is 7.89. The normalized spacial score (nSPS) is 19.6. The van der Waals surface area contributed by atoms with Crippen molar-refractivity contribution in [2.45, 2.75) is 35.8 Å². The zero-order valence-corrected chi connectivity index (χ0v) is 25.7. The molecule has 0 bridgehead atoms. The van der Waals surface area contributed by atoms with E-state index in [1.165, 1.54) is 10.6 Å². The van der Waals surface area contributed by atoms with Crippen LogP contribution in [0, 0.1) is 12.8 Å². The van der Waals surface area contributed by atoms with Crippen molar-refractivity contribution in [2.75, 3.05) is 10.2 Å². The number of aryl methyl sites for hydroxylation is 1. The molecule has 14 heteroatoms. The lowest BCUT2D eigenvalue weighted by molar-refractivity contribution is -0.137. The number of carbonyl (C=O) groups excluding carboxylic acids is 3. The van der Waals surface area contributed by atoms with Crippen LogP contribution < -0.4 is 15.1 Å². The van der Waals surface area contributed by atoms with Crippen LogP contribution >= 0.6 is 46.3 Å². The van der Waals surface area contributed by atoms with Crippen LogP contribution in [0.1, 0.15) is 27.5 Å². The molecule has 0 spiro atoms. The molecule has 4 aromatic rings. The number of alkyl halides is 3. The van der Waals surface area contributed by atoms with E-state index in [9.17, 15) is 32.3 Å². The van der Waals surface area contributed by atoms with Crippen LogP contribution in [0.2, 0.25) is 10.0 Å². The minimum atomic E-state index is -4.70.